The van der Waals surface area contributed by atoms with Gasteiger partial charge >= 0.3 is 0 Å². The fourth-order valence-electron chi connectivity index (χ4n) is 3.26. The average molecular weight is 294 g/mol. The number of morpholine rings is 1. The lowest BCUT2D eigenvalue weighted by Crippen LogP contribution is -2.57. The predicted molar refractivity (Wildman–Crippen MR) is 85.3 cm³/mol. The summed E-state index contributed by atoms with van der Waals surface area (Å²) in [6.07, 6.45) is 6.38. The van der Waals surface area contributed by atoms with Crippen molar-refractivity contribution < 1.29 is 4.74 Å². The van der Waals surface area contributed by atoms with Crippen LogP contribution in [0.15, 0.2) is 12.4 Å². The third kappa shape index (κ3) is 3.65. The molecule has 5 nitrogen and oxygen atoms in total. The standard InChI is InChI=1S/C16H30N4O/c1-5-7-17-15(14-12-18-19(4)13-14)16(3,6-2)20-8-10-21-11-9-20/h12-13,15,17H,5-11H2,1-4H3. The first-order valence-electron chi connectivity index (χ1n) is 8.16. The molecule has 1 aromatic rings. The lowest BCUT2D eigenvalue weighted by atomic mass is 9.83. The molecule has 0 saturated carbocycles. The summed E-state index contributed by atoms with van der Waals surface area (Å²) in [4.78, 5) is 2.58. The maximum Gasteiger partial charge on any atom is 0.0594 e. The van der Waals surface area contributed by atoms with Crippen molar-refractivity contribution >= 4 is 0 Å². The van der Waals surface area contributed by atoms with Crippen molar-refractivity contribution in [1.29, 1.82) is 0 Å². The molecule has 2 rings (SSSR count). The van der Waals surface area contributed by atoms with Crippen LogP contribution in [-0.2, 0) is 11.8 Å². The molecule has 5 heteroatoms. The quantitative estimate of drug-likeness (QED) is 0.835. The normalized spacial score (nSPS) is 21.1. The summed E-state index contributed by atoms with van der Waals surface area (Å²) in [5.74, 6) is 0. The van der Waals surface area contributed by atoms with E-state index in [1.54, 1.807) is 0 Å². The Labute approximate surface area is 128 Å². The summed E-state index contributed by atoms with van der Waals surface area (Å²) in [5.41, 5.74) is 1.36. The van der Waals surface area contributed by atoms with Crippen LogP contribution in [0.3, 0.4) is 0 Å². The smallest absolute Gasteiger partial charge is 0.0594 e. The number of hydrogen-bond donors (Lipinski definition) is 1. The van der Waals surface area contributed by atoms with Gasteiger partial charge in [-0.25, -0.2) is 0 Å². The largest absolute Gasteiger partial charge is 0.379 e. The number of nitrogens with one attached hydrogen (secondary N) is 1. The van der Waals surface area contributed by atoms with Crippen molar-refractivity contribution in [3.05, 3.63) is 18.0 Å². The summed E-state index contributed by atoms with van der Waals surface area (Å²) >= 11 is 0. The molecule has 0 bridgehead atoms. The van der Waals surface area contributed by atoms with E-state index in [0.717, 1.165) is 45.7 Å². The van der Waals surface area contributed by atoms with E-state index in [4.69, 9.17) is 4.74 Å². The molecule has 1 aromatic heterocycles. The van der Waals surface area contributed by atoms with Gasteiger partial charge in [-0.05, 0) is 26.3 Å². The molecule has 1 N–H and O–H groups in total. The Morgan fingerprint density at radius 1 is 1.38 bits per heavy atom. The van der Waals surface area contributed by atoms with Gasteiger partial charge in [-0.15, -0.1) is 0 Å². The Kier molecular flexibility index (Phi) is 5.79. The van der Waals surface area contributed by atoms with Crippen LogP contribution in [0.5, 0.6) is 0 Å². The molecule has 0 amide bonds. The number of nitrogens with zero attached hydrogens (tertiary/aromatic N) is 3. The second-order valence-electron chi connectivity index (χ2n) is 6.14. The molecule has 0 aromatic carbocycles. The number of aromatic nitrogens is 2. The minimum absolute atomic E-state index is 0.0853. The highest BCUT2D eigenvalue weighted by Gasteiger charge is 2.40. The van der Waals surface area contributed by atoms with Crippen molar-refractivity contribution in [1.82, 2.24) is 20.0 Å². The van der Waals surface area contributed by atoms with Crippen LogP contribution in [0.25, 0.3) is 0 Å². The van der Waals surface area contributed by atoms with E-state index in [1.807, 2.05) is 17.9 Å². The third-order valence-corrected chi connectivity index (χ3v) is 4.73. The van der Waals surface area contributed by atoms with Crippen molar-refractivity contribution in [3.8, 4) is 0 Å². The van der Waals surface area contributed by atoms with Gasteiger partial charge in [0.15, 0.2) is 0 Å². The zero-order valence-corrected chi connectivity index (χ0v) is 13.9. The average Bonchev–Trinajstić information content (AvgIpc) is 2.94. The minimum Gasteiger partial charge on any atom is -0.379 e. The molecule has 1 aliphatic heterocycles. The molecular formula is C16H30N4O. The van der Waals surface area contributed by atoms with Crippen LogP contribution >= 0.6 is 0 Å². The Balaban J connectivity index is 2.26. The van der Waals surface area contributed by atoms with E-state index in [1.165, 1.54) is 5.56 Å². The van der Waals surface area contributed by atoms with Gasteiger partial charge in [0.1, 0.15) is 0 Å². The highest BCUT2D eigenvalue weighted by molar-refractivity contribution is 5.17. The van der Waals surface area contributed by atoms with Gasteiger partial charge in [0, 0.05) is 37.4 Å². The first kappa shape index (κ1) is 16.5. The van der Waals surface area contributed by atoms with E-state index >= 15 is 0 Å². The second-order valence-corrected chi connectivity index (χ2v) is 6.14. The van der Waals surface area contributed by atoms with E-state index in [9.17, 15) is 0 Å². The van der Waals surface area contributed by atoms with Crippen LogP contribution in [0.2, 0.25) is 0 Å². The fourth-order valence-corrected chi connectivity index (χ4v) is 3.26. The van der Waals surface area contributed by atoms with Crippen LogP contribution in [-0.4, -0.2) is 53.1 Å². The molecule has 0 radical (unpaired) electrons. The summed E-state index contributed by atoms with van der Waals surface area (Å²) in [7, 11) is 1.98. The van der Waals surface area contributed by atoms with Crippen LogP contribution in [0.4, 0.5) is 0 Å². The monoisotopic (exact) mass is 294 g/mol. The van der Waals surface area contributed by atoms with Gasteiger partial charge in [0.2, 0.25) is 0 Å². The van der Waals surface area contributed by atoms with Gasteiger partial charge in [-0.3, -0.25) is 9.58 Å². The van der Waals surface area contributed by atoms with Crippen molar-refractivity contribution in [2.75, 3.05) is 32.8 Å². The van der Waals surface area contributed by atoms with E-state index < -0.39 is 0 Å². The number of ether oxygens (including phenoxy) is 1. The van der Waals surface area contributed by atoms with Crippen LogP contribution in [0.1, 0.15) is 45.2 Å². The summed E-state index contributed by atoms with van der Waals surface area (Å²) in [5, 5.41) is 8.12. The molecule has 120 valence electrons. The maximum absolute atomic E-state index is 5.53. The third-order valence-electron chi connectivity index (χ3n) is 4.73. The van der Waals surface area contributed by atoms with E-state index in [-0.39, 0.29) is 5.54 Å². The van der Waals surface area contributed by atoms with Crippen molar-refractivity contribution in [2.24, 2.45) is 7.05 Å². The lowest BCUT2D eigenvalue weighted by Gasteiger charge is -2.48. The Bertz CT molecular complexity index is 428. The zero-order chi connectivity index (χ0) is 15.3. The summed E-state index contributed by atoms with van der Waals surface area (Å²) in [6.45, 7) is 11.6. The van der Waals surface area contributed by atoms with E-state index in [0.29, 0.717) is 6.04 Å². The van der Waals surface area contributed by atoms with Gasteiger partial charge in [0.25, 0.3) is 0 Å². The Hall–Kier alpha value is -0.910. The molecule has 2 unspecified atom stereocenters. The number of aryl methyl sites for hydroxylation is 1. The predicted octanol–water partition coefficient (Wildman–Crippen LogP) is 1.96. The topological polar surface area (TPSA) is 42.3 Å². The lowest BCUT2D eigenvalue weighted by molar-refractivity contribution is -0.0328. The zero-order valence-electron chi connectivity index (χ0n) is 13.9. The summed E-state index contributed by atoms with van der Waals surface area (Å²) < 4.78 is 7.43. The van der Waals surface area contributed by atoms with Gasteiger partial charge in [-0.1, -0.05) is 13.8 Å². The molecule has 0 aliphatic carbocycles. The van der Waals surface area contributed by atoms with Gasteiger partial charge < -0.3 is 10.1 Å². The minimum atomic E-state index is 0.0853. The molecular weight excluding hydrogens is 264 g/mol. The van der Waals surface area contributed by atoms with Crippen LogP contribution < -0.4 is 5.32 Å². The number of hydrogen-bond acceptors (Lipinski definition) is 4. The first-order chi connectivity index (χ1) is 10.1. The summed E-state index contributed by atoms with van der Waals surface area (Å²) in [6, 6.07) is 0.300. The number of rotatable bonds is 7. The second kappa shape index (κ2) is 7.38. The highest BCUT2D eigenvalue weighted by Crippen LogP contribution is 2.34. The fraction of sp³-hybridized carbons (Fsp3) is 0.812. The highest BCUT2D eigenvalue weighted by atomic mass is 16.5. The van der Waals surface area contributed by atoms with Gasteiger partial charge in [0.05, 0.1) is 25.5 Å². The molecule has 1 saturated heterocycles. The molecule has 2 atom stereocenters. The molecule has 2 heterocycles. The Morgan fingerprint density at radius 2 is 2.10 bits per heavy atom. The molecule has 0 spiro atoms. The van der Waals surface area contributed by atoms with Crippen LogP contribution in [0, 0.1) is 0 Å². The molecule has 21 heavy (non-hydrogen) atoms. The molecule has 1 aliphatic rings. The van der Waals surface area contributed by atoms with Crippen molar-refractivity contribution in [3.63, 3.8) is 0 Å². The van der Waals surface area contributed by atoms with E-state index in [2.05, 4.69) is 42.3 Å². The van der Waals surface area contributed by atoms with Gasteiger partial charge in [-0.2, -0.15) is 5.10 Å². The molecule has 1 fully saturated rings. The first-order valence-corrected chi connectivity index (χ1v) is 8.16. The maximum atomic E-state index is 5.53. The Morgan fingerprint density at radius 3 is 2.62 bits per heavy atom. The van der Waals surface area contributed by atoms with Crippen molar-refractivity contribution in [2.45, 2.75) is 45.2 Å². The SMILES string of the molecule is CCCNC(c1cnn(C)c1)C(C)(CC)N1CCOCC1.